The second kappa shape index (κ2) is 4.34. The van der Waals surface area contributed by atoms with Crippen molar-refractivity contribution in [1.29, 1.82) is 0 Å². The van der Waals surface area contributed by atoms with Crippen LogP contribution in [0.5, 0.6) is 5.75 Å². The van der Waals surface area contributed by atoms with Crippen LogP contribution in [0.1, 0.15) is 0 Å². The summed E-state index contributed by atoms with van der Waals surface area (Å²) in [6, 6.07) is 2.14. The van der Waals surface area contributed by atoms with Crippen molar-refractivity contribution in [2.24, 2.45) is 0 Å². The molecule has 1 N–H and O–H groups in total. The molecule has 86 valence electrons. The van der Waals surface area contributed by atoms with Gasteiger partial charge in [0.1, 0.15) is 11.9 Å². The van der Waals surface area contributed by atoms with Crippen molar-refractivity contribution in [1.82, 2.24) is 5.32 Å². The van der Waals surface area contributed by atoms with Crippen LogP contribution in [0.15, 0.2) is 16.6 Å². The summed E-state index contributed by atoms with van der Waals surface area (Å²) >= 11 is 2.97. The van der Waals surface area contributed by atoms with Gasteiger partial charge in [0.15, 0.2) is 5.75 Å². The van der Waals surface area contributed by atoms with Crippen LogP contribution < -0.4 is 10.1 Å². The molecule has 0 aliphatic carbocycles. The smallest absolute Gasteiger partial charge is 0.313 e. The molecule has 0 atom stereocenters. The molecule has 1 aromatic carbocycles. The molecule has 5 nitrogen and oxygen atoms in total. The predicted octanol–water partition coefficient (Wildman–Crippen LogP) is 1.85. The molecular weight excluding hydrogens is 283 g/mol. The summed E-state index contributed by atoms with van der Waals surface area (Å²) in [6.07, 6.45) is -0.0870. The number of ether oxygens (including phenoxy) is 1. The summed E-state index contributed by atoms with van der Waals surface area (Å²) in [4.78, 5) is 10.0. The number of hydrogen-bond acceptors (Lipinski definition) is 4. The average Bonchev–Trinajstić information content (AvgIpc) is 2.16. The standard InChI is InChI=1S/C9H8BrFN2O3/c10-6-1-9(16-5-3-12-4-5)8(13(14)15)2-7(6)11/h1-2,5,12H,3-4H2. The minimum atomic E-state index is -0.675. The molecule has 0 aromatic heterocycles. The number of halogens is 2. The summed E-state index contributed by atoms with van der Waals surface area (Å²) in [6.45, 7) is 1.29. The Bertz CT molecular complexity index is 437. The van der Waals surface area contributed by atoms with Gasteiger partial charge in [-0.1, -0.05) is 0 Å². The lowest BCUT2D eigenvalue weighted by Gasteiger charge is -2.27. The van der Waals surface area contributed by atoms with Crippen LogP contribution in [0.4, 0.5) is 10.1 Å². The molecule has 0 saturated carbocycles. The van der Waals surface area contributed by atoms with Crippen LogP contribution in [0, 0.1) is 15.9 Å². The van der Waals surface area contributed by atoms with E-state index >= 15 is 0 Å². The van der Waals surface area contributed by atoms with Crippen LogP contribution in [0.3, 0.4) is 0 Å². The number of nitrogens with one attached hydrogen (secondary N) is 1. The first kappa shape index (κ1) is 11.3. The van der Waals surface area contributed by atoms with Gasteiger partial charge in [0.2, 0.25) is 0 Å². The molecule has 7 heteroatoms. The summed E-state index contributed by atoms with van der Waals surface area (Å²) in [5, 5.41) is 13.7. The van der Waals surface area contributed by atoms with Crippen LogP contribution in [-0.4, -0.2) is 24.1 Å². The van der Waals surface area contributed by atoms with Crippen molar-refractivity contribution in [3.8, 4) is 5.75 Å². The van der Waals surface area contributed by atoms with Gasteiger partial charge in [0.25, 0.3) is 0 Å². The lowest BCUT2D eigenvalue weighted by Crippen LogP contribution is -2.50. The Kier molecular flexibility index (Phi) is 3.06. The second-order valence-electron chi connectivity index (χ2n) is 3.39. The molecule has 0 radical (unpaired) electrons. The van der Waals surface area contributed by atoms with E-state index in [2.05, 4.69) is 21.2 Å². The molecule has 1 heterocycles. The SMILES string of the molecule is O=[N+]([O-])c1cc(F)c(Br)cc1OC1CNC1. The molecule has 1 aliphatic rings. The molecule has 1 saturated heterocycles. The minimum absolute atomic E-state index is 0.0870. The van der Waals surface area contributed by atoms with E-state index in [-0.39, 0.29) is 22.0 Å². The molecule has 0 bridgehead atoms. The summed E-state index contributed by atoms with van der Waals surface area (Å²) in [7, 11) is 0. The highest BCUT2D eigenvalue weighted by molar-refractivity contribution is 9.10. The molecule has 1 aromatic rings. The minimum Gasteiger partial charge on any atom is -0.481 e. The van der Waals surface area contributed by atoms with Gasteiger partial charge in [0, 0.05) is 19.2 Å². The topological polar surface area (TPSA) is 64.4 Å². The lowest BCUT2D eigenvalue weighted by molar-refractivity contribution is -0.386. The van der Waals surface area contributed by atoms with Crippen molar-refractivity contribution >= 4 is 21.6 Å². The molecule has 1 fully saturated rings. The zero-order valence-corrected chi connectivity index (χ0v) is 9.66. The van der Waals surface area contributed by atoms with Gasteiger partial charge in [-0.3, -0.25) is 10.1 Å². The first-order valence-corrected chi connectivity index (χ1v) is 5.38. The Balaban J connectivity index is 2.32. The molecule has 1 aliphatic heterocycles. The van der Waals surface area contributed by atoms with Crippen molar-refractivity contribution in [3.05, 3.63) is 32.5 Å². The number of benzene rings is 1. The van der Waals surface area contributed by atoms with Crippen LogP contribution in [0.25, 0.3) is 0 Å². The van der Waals surface area contributed by atoms with Gasteiger partial charge < -0.3 is 10.1 Å². The van der Waals surface area contributed by atoms with E-state index in [1.54, 1.807) is 0 Å². The summed E-state index contributed by atoms with van der Waals surface area (Å²) in [5.74, 6) is -0.587. The Morgan fingerprint density at radius 3 is 2.75 bits per heavy atom. The Labute approximate surface area is 98.9 Å². The Hall–Kier alpha value is -1.21. The van der Waals surface area contributed by atoms with Gasteiger partial charge in [-0.25, -0.2) is 4.39 Å². The molecule has 0 unspecified atom stereocenters. The first-order chi connectivity index (χ1) is 7.58. The number of hydrogen-bond donors (Lipinski definition) is 1. The monoisotopic (exact) mass is 290 g/mol. The quantitative estimate of drug-likeness (QED) is 0.682. The molecular formula is C9H8BrFN2O3. The number of rotatable bonds is 3. The third-order valence-corrected chi connectivity index (χ3v) is 2.84. The number of nitro groups is 1. The maximum atomic E-state index is 13.1. The van der Waals surface area contributed by atoms with E-state index in [0.29, 0.717) is 13.1 Å². The Morgan fingerprint density at radius 1 is 1.56 bits per heavy atom. The van der Waals surface area contributed by atoms with Gasteiger partial charge in [-0.05, 0) is 15.9 Å². The second-order valence-corrected chi connectivity index (χ2v) is 4.24. The summed E-state index contributed by atoms with van der Waals surface area (Å²) < 4.78 is 18.7. The van der Waals surface area contributed by atoms with E-state index in [9.17, 15) is 14.5 Å². The van der Waals surface area contributed by atoms with Gasteiger partial charge in [-0.15, -0.1) is 0 Å². The van der Waals surface area contributed by atoms with Crippen LogP contribution in [-0.2, 0) is 0 Å². The fourth-order valence-electron chi connectivity index (χ4n) is 1.28. The highest BCUT2D eigenvalue weighted by Gasteiger charge is 2.25. The fraction of sp³-hybridized carbons (Fsp3) is 0.333. The normalized spacial score (nSPS) is 15.6. The van der Waals surface area contributed by atoms with Crippen LogP contribution in [0.2, 0.25) is 0 Å². The predicted molar refractivity (Wildman–Crippen MR) is 58.0 cm³/mol. The molecule has 16 heavy (non-hydrogen) atoms. The van der Waals surface area contributed by atoms with E-state index in [1.165, 1.54) is 6.07 Å². The van der Waals surface area contributed by atoms with Crippen molar-refractivity contribution in [2.45, 2.75) is 6.10 Å². The Morgan fingerprint density at radius 2 is 2.25 bits per heavy atom. The van der Waals surface area contributed by atoms with Crippen molar-refractivity contribution in [3.63, 3.8) is 0 Å². The van der Waals surface area contributed by atoms with E-state index in [4.69, 9.17) is 4.74 Å². The van der Waals surface area contributed by atoms with E-state index in [0.717, 1.165) is 6.07 Å². The van der Waals surface area contributed by atoms with Crippen LogP contribution >= 0.6 is 15.9 Å². The molecule has 0 spiro atoms. The lowest BCUT2D eigenvalue weighted by atomic mass is 10.2. The van der Waals surface area contributed by atoms with Gasteiger partial charge in [0.05, 0.1) is 15.5 Å². The number of nitrogens with zero attached hydrogens (tertiary/aromatic N) is 1. The zero-order valence-electron chi connectivity index (χ0n) is 8.07. The first-order valence-electron chi connectivity index (χ1n) is 4.58. The largest absolute Gasteiger partial charge is 0.481 e. The highest BCUT2D eigenvalue weighted by Crippen LogP contribution is 2.33. The third kappa shape index (κ3) is 2.14. The maximum Gasteiger partial charge on any atom is 0.313 e. The molecule has 0 amide bonds. The zero-order chi connectivity index (χ0) is 11.7. The fourth-order valence-corrected chi connectivity index (χ4v) is 1.60. The van der Waals surface area contributed by atoms with Gasteiger partial charge in [-0.2, -0.15) is 0 Å². The van der Waals surface area contributed by atoms with E-state index in [1.807, 2.05) is 0 Å². The third-order valence-electron chi connectivity index (χ3n) is 2.24. The maximum absolute atomic E-state index is 13.1. The molecule has 2 rings (SSSR count). The van der Waals surface area contributed by atoms with Crippen molar-refractivity contribution < 1.29 is 14.1 Å². The van der Waals surface area contributed by atoms with Crippen molar-refractivity contribution in [2.75, 3.05) is 13.1 Å². The summed E-state index contributed by atoms with van der Waals surface area (Å²) in [5.41, 5.74) is -0.354. The van der Waals surface area contributed by atoms with Gasteiger partial charge >= 0.3 is 5.69 Å². The average molecular weight is 291 g/mol. The highest BCUT2D eigenvalue weighted by atomic mass is 79.9. The number of nitro benzene ring substituents is 1. The van der Waals surface area contributed by atoms with E-state index < -0.39 is 10.7 Å².